The van der Waals surface area contributed by atoms with E-state index in [2.05, 4.69) is 43.1 Å². The van der Waals surface area contributed by atoms with Crippen molar-refractivity contribution >= 4 is 11.5 Å². The fourth-order valence-corrected chi connectivity index (χ4v) is 3.77. The Morgan fingerprint density at radius 3 is 2.67 bits per heavy atom. The van der Waals surface area contributed by atoms with E-state index in [1.807, 2.05) is 6.07 Å². The van der Waals surface area contributed by atoms with Gasteiger partial charge in [-0.3, -0.25) is 9.69 Å². The van der Waals surface area contributed by atoms with Gasteiger partial charge in [-0.2, -0.15) is 0 Å². The Kier molecular flexibility index (Phi) is 4.03. The molecule has 0 saturated carbocycles. The Labute approximate surface area is 127 Å². The van der Waals surface area contributed by atoms with Crippen molar-refractivity contribution in [2.45, 2.75) is 64.6 Å². The number of fused-ring (bicyclic) bond motifs is 1. The normalized spacial score (nSPS) is 29.0. The first-order chi connectivity index (χ1) is 10.0. The Morgan fingerprint density at radius 2 is 1.95 bits per heavy atom. The van der Waals surface area contributed by atoms with Crippen LogP contribution in [0, 0.1) is 0 Å². The lowest BCUT2D eigenvalue weighted by Crippen LogP contribution is -2.46. The molecule has 3 unspecified atom stereocenters. The number of nitrogens with one attached hydrogen (secondary N) is 1. The van der Waals surface area contributed by atoms with Gasteiger partial charge < -0.3 is 5.32 Å². The summed E-state index contributed by atoms with van der Waals surface area (Å²) in [5.74, 6) is 0.262. The van der Waals surface area contributed by atoms with Crippen molar-refractivity contribution in [3.8, 4) is 0 Å². The molecule has 1 aromatic rings. The van der Waals surface area contributed by atoms with E-state index in [1.165, 1.54) is 30.5 Å². The van der Waals surface area contributed by atoms with Crippen molar-refractivity contribution in [1.82, 2.24) is 4.90 Å². The summed E-state index contributed by atoms with van der Waals surface area (Å²) in [6, 6.07) is 7.66. The molecule has 3 nitrogen and oxygen atoms in total. The number of hydrogen-bond donors (Lipinski definition) is 1. The molecule has 0 aromatic heterocycles. The van der Waals surface area contributed by atoms with Gasteiger partial charge in [0.1, 0.15) is 0 Å². The van der Waals surface area contributed by atoms with E-state index in [-0.39, 0.29) is 5.78 Å². The fraction of sp³-hybridized carbons (Fsp3) is 0.611. The predicted octanol–water partition coefficient (Wildman–Crippen LogP) is 3.49. The first kappa shape index (κ1) is 14.6. The highest BCUT2D eigenvalue weighted by Crippen LogP contribution is 2.27. The zero-order valence-electron chi connectivity index (χ0n) is 13.4. The smallest absolute Gasteiger partial charge is 0.176 e. The summed E-state index contributed by atoms with van der Waals surface area (Å²) >= 11 is 0. The topological polar surface area (TPSA) is 32.3 Å². The third-order valence-corrected chi connectivity index (χ3v) is 5.06. The molecule has 1 N–H and O–H groups in total. The Bertz CT molecular complexity index is 530. The lowest BCUT2D eigenvalue weighted by atomic mass is 9.96. The van der Waals surface area contributed by atoms with E-state index < -0.39 is 0 Å². The highest BCUT2D eigenvalue weighted by molar-refractivity contribution is 5.98. The maximum atomic E-state index is 12.6. The van der Waals surface area contributed by atoms with Gasteiger partial charge in [-0.05, 0) is 63.8 Å². The average molecular weight is 286 g/mol. The number of piperidine rings is 1. The van der Waals surface area contributed by atoms with Crippen LogP contribution in [0.15, 0.2) is 18.2 Å². The second-order valence-corrected chi connectivity index (χ2v) is 6.85. The summed E-state index contributed by atoms with van der Waals surface area (Å²) < 4.78 is 0. The Hall–Kier alpha value is -1.35. The quantitative estimate of drug-likeness (QED) is 0.863. The molecule has 0 aliphatic carbocycles. The molecule has 3 rings (SSSR count). The summed E-state index contributed by atoms with van der Waals surface area (Å²) in [4.78, 5) is 15.0. The van der Waals surface area contributed by atoms with Gasteiger partial charge in [0.05, 0.1) is 6.54 Å². The fourth-order valence-electron chi connectivity index (χ4n) is 3.77. The Balaban J connectivity index is 1.72. The molecule has 2 aliphatic heterocycles. The zero-order chi connectivity index (χ0) is 15.0. The predicted molar refractivity (Wildman–Crippen MR) is 87.0 cm³/mol. The van der Waals surface area contributed by atoms with Crippen LogP contribution in [0.4, 0.5) is 5.69 Å². The van der Waals surface area contributed by atoms with Crippen LogP contribution in [0.5, 0.6) is 0 Å². The number of benzene rings is 1. The van der Waals surface area contributed by atoms with E-state index >= 15 is 0 Å². The van der Waals surface area contributed by atoms with Crippen LogP contribution in [-0.4, -0.2) is 35.4 Å². The summed E-state index contributed by atoms with van der Waals surface area (Å²) in [7, 11) is 0. The molecular weight excluding hydrogens is 260 g/mol. The van der Waals surface area contributed by atoms with E-state index in [0.717, 1.165) is 12.0 Å². The molecule has 3 heteroatoms. The highest BCUT2D eigenvalue weighted by atomic mass is 16.1. The summed E-state index contributed by atoms with van der Waals surface area (Å²) in [6.07, 6.45) is 4.73. The molecular formula is C18H26N2O. The molecule has 3 atom stereocenters. The molecule has 114 valence electrons. The zero-order valence-corrected chi connectivity index (χ0v) is 13.4. The first-order valence-corrected chi connectivity index (χ1v) is 8.23. The minimum Gasteiger partial charge on any atom is -0.382 e. The number of hydrogen-bond acceptors (Lipinski definition) is 3. The maximum absolute atomic E-state index is 12.6. The van der Waals surface area contributed by atoms with Crippen LogP contribution in [0.25, 0.3) is 0 Å². The number of rotatable bonds is 3. The number of likely N-dealkylation sites (tertiary alicyclic amines) is 1. The van der Waals surface area contributed by atoms with Gasteiger partial charge in [-0.25, -0.2) is 0 Å². The van der Waals surface area contributed by atoms with Crippen LogP contribution in [0.2, 0.25) is 0 Å². The van der Waals surface area contributed by atoms with Crippen LogP contribution >= 0.6 is 0 Å². The minimum absolute atomic E-state index is 0.262. The highest BCUT2D eigenvalue weighted by Gasteiger charge is 2.27. The number of carbonyl (C=O) groups excluding carboxylic acids is 1. The van der Waals surface area contributed by atoms with Crippen LogP contribution < -0.4 is 5.32 Å². The van der Waals surface area contributed by atoms with E-state index in [4.69, 9.17) is 0 Å². The molecule has 0 amide bonds. The Morgan fingerprint density at radius 1 is 1.24 bits per heavy atom. The summed E-state index contributed by atoms with van der Waals surface area (Å²) in [5, 5.41) is 3.44. The summed E-state index contributed by atoms with van der Waals surface area (Å²) in [6.45, 7) is 7.23. The first-order valence-electron chi connectivity index (χ1n) is 8.23. The number of Topliss-reactive ketones (excluding diaryl/α,β-unsaturated/α-hetero) is 1. The van der Waals surface area contributed by atoms with Crippen molar-refractivity contribution in [2.24, 2.45) is 0 Å². The SMILES string of the molecule is CC1Cc2cc(C(=O)CN3C(C)CCCC3C)ccc2N1. The maximum Gasteiger partial charge on any atom is 0.176 e. The van der Waals surface area contributed by atoms with Crippen molar-refractivity contribution < 1.29 is 4.79 Å². The van der Waals surface area contributed by atoms with Crippen LogP contribution in [0.3, 0.4) is 0 Å². The number of nitrogens with zero attached hydrogens (tertiary/aromatic N) is 1. The minimum atomic E-state index is 0.262. The molecule has 2 heterocycles. The average Bonchev–Trinajstić information content (AvgIpc) is 2.81. The molecule has 0 spiro atoms. The van der Waals surface area contributed by atoms with Gasteiger partial charge in [-0.1, -0.05) is 6.42 Å². The van der Waals surface area contributed by atoms with Gasteiger partial charge in [0.2, 0.25) is 0 Å². The van der Waals surface area contributed by atoms with Crippen molar-refractivity contribution in [3.63, 3.8) is 0 Å². The van der Waals surface area contributed by atoms with Gasteiger partial charge in [-0.15, -0.1) is 0 Å². The second kappa shape index (κ2) is 5.80. The van der Waals surface area contributed by atoms with Gasteiger partial charge in [0.25, 0.3) is 0 Å². The lowest BCUT2D eigenvalue weighted by molar-refractivity contribution is 0.0734. The lowest BCUT2D eigenvalue weighted by Gasteiger charge is -2.38. The number of anilines is 1. The molecule has 0 bridgehead atoms. The number of ketones is 1. The molecule has 1 fully saturated rings. The molecule has 2 aliphatic rings. The number of carbonyl (C=O) groups is 1. The molecule has 1 aromatic carbocycles. The van der Waals surface area contributed by atoms with Gasteiger partial charge >= 0.3 is 0 Å². The molecule has 1 saturated heterocycles. The second-order valence-electron chi connectivity index (χ2n) is 6.85. The van der Waals surface area contributed by atoms with Crippen molar-refractivity contribution in [2.75, 3.05) is 11.9 Å². The largest absolute Gasteiger partial charge is 0.382 e. The van der Waals surface area contributed by atoms with Gasteiger partial charge in [0, 0.05) is 29.4 Å². The monoisotopic (exact) mass is 286 g/mol. The van der Waals surface area contributed by atoms with E-state index in [0.29, 0.717) is 24.7 Å². The third-order valence-electron chi connectivity index (χ3n) is 5.06. The van der Waals surface area contributed by atoms with Crippen molar-refractivity contribution in [3.05, 3.63) is 29.3 Å². The summed E-state index contributed by atoms with van der Waals surface area (Å²) in [5.41, 5.74) is 3.35. The van der Waals surface area contributed by atoms with Crippen molar-refractivity contribution in [1.29, 1.82) is 0 Å². The van der Waals surface area contributed by atoms with E-state index in [1.54, 1.807) is 0 Å². The van der Waals surface area contributed by atoms with E-state index in [9.17, 15) is 4.79 Å². The van der Waals surface area contributed by atoms with Crippen LogP contribution in [-0.2, 0) is 6.42 Å². The standard InChI is InChI=1S/C18H26N2O/c1-12-9-16-10-15(7-8-17(16)19-12)18(21)11-20-13(2)5-4-6-14(20)3/h7-8,10,12-14,19H,4-6,9,11H2,1-3H3. The van der Waals surface area contributed by atoms with Crippen LogP contribution in [0.1, 0.15) is 56.0 Å². The third kappa shape index (κ3) is 2.98. The molecule has 0 radical (unpaired) electrons. The van der Waals surface area contributed by atoms with Gasteiger partial charge in [0.15, 0.2) is 5.78 Å². The molecule has 21 heavy (non-hydrogen) atoms.